The average Bonchev–Trinajstić information content (AvgIpc) is 2.03. The molecule has 1 heteroatoms. The van der Waals surface area contributed by atoms with Gasteiger partial charge >= 0.3 is 0 Å². The van der Waals surface area contributed by atoms with Gasteiger partial charge in [0, 0.05) is 0 Å². The Bertz CT molecular complexity index is 139. The first-order chi connectivity index (χ1) is 5.60. The molecule has 0 aliphatic carbocycles. The van der Waals surface area contributed by atoms with E-state index in [9.17, 15) is 0 Å². The molecule has 72 valence electrons. The van der Waals surface area contributed by atoms with Crippen LogP contribution in [0.3, 0.4) is 0 Å². The number of allylic oxidation sites excluding steroid dienone is 1. The number of rotatable bonds is 5. The van der Waals surface area contributed by atoms with E-state index in [1.807, 2.05) is 0 Å². The van der Waals surface area contributed by atoms with Gasteiger partial charge < -0.3 is 0 Å². The summed E-state index contributed by atoms with van der Waals surface area (Å²) in [5.74, 6) is 0. The van der Waals surface area contributed by atoms with Gasteiger partial charge in [-0.2, -0.15) is 0 Å². The molecule has 0 amide bonds. The number of hydrogen-bond acceptors (Lipinski definition) is 0. The summed E-state index contributed by atoms with van der Waals surface area (Å²) in [5.41, 5.74) is 4.13. The van der Waals surface area contributed by atoms with Crippen LogP contribution in [-0.4, -0.2) is 8.07 Å². The van der Waals surface area contributed by atoms with Crippen LogP contribution in [0, 0.1) is 0 Å². The second-order valence-corrected chi connectivity index (χ2v) is 8.97. The monoisotopic (exact) mass is 184 g/mol. The molecular weight excluding hydrogens is 160 g/mol. The van der Waals surface area contributed by atoms with Gasteiger partial charge in [-0.05, 0) is 13.8 Å². The van der Waals surface area contributed by atoms with Gasteiger partial charge in [0.05, 0.1) is 8.07 Å². The molecule has 0 unspecified atom stereocenters. The van der Waals surface area contributed by atoms with E-state index in [2.05, 4.69) is 40.3 Å². The molecule has 0 heterocycles. The molecule has 0 radical (unpaired) electrons. The van der Waals surface area contributed by atoms with Crippen molar-refractivity contribution in [3.05, 3.63) is 11.3 Å². The molecule has 0 aliphatic heterocycles. The quantitative estimate of drug-likeness (QED) is 0.556. The van der Waals surface area contributed by atoms with E-state index in [1.165, 1.54) is 30.1 Å². The van der Waals surface area contributed by atoms with Crippen molar-refractivity contribution in [1.82, 2.24) is 0 Å². The lowest BCUT2D eigenvalue weighted by molar-refractivity contribution is 1.02. The zero-order valence-electron chi connectivity index (χ0n) is 9.41. The summed E-state index contributed by atoms with van der Waals surface area (Å²) >= 11 is 0. The zero-order chi connectivity index (χ0) is 9.61. The summed E-state index contributed by atoms with van der Waals surface area (Å²) in [6.07, 6.45) is 1.36. The van der Waals surface area contributed by atoms with Gasteiger partial charge in [-0.1, -0.05) is 56.6 Å². The average molecular weight is 184 g/mol. The van der Waals surface area contributed by atoms with Crippen molar-refractivity contribution in [1.29, 1.82) is 0 Å². The fourth-order valence-electron chi connectivity index (χ4n) is 1.99. The van der Waals surface area contributed by atoms with Crippen LogP contribution in [-0.2, 0) is 0 Å². The van der Waals surface area contributed by atoms with E-state index in [0.29, 0.717) is 0 Å². The second-order valence-electron chi connectivity index (χ2n) is 4.04. The summed E-state index contributed by atoms with van der Waals surface area (Å²) in [7, 11) is -0.969. The van der Waals surface area contributed by atoms with Crippen LogP contribution in [0.1, 0.15) is 41.0 Å². The Balaban J connectivity index is 4.45. The van der Waals surface area contributed by atoms with Crippen molar-refractivity contribution in [2.45, 2.75) is 59.2 Å². The maximum absolute atomic E-state index is 2.61. The second kappa shape index (κ2) is 5.58. The molecule has 0 nitrogen and oxygen atoms in total. The van der Waals surface area contributed by atoms with E-state index in [0.717, 1.165) is 0 Å². The molecule has 0 atom stereocenters. The maximum Gasteiger partial charge on any atom is 0.0771 e. The molecule has 0 saturated heterocycles. The first kappa shape index (κ1) is 12.0. The maximum atomic E-state index is 2.61. The third-order valence-corrected chi connectivity index (χ3v) is 8.25. The van der Waals surface area contributed by atoms with Crippen molar-refractivity contribution >= 4 is 8.07 Å². The van der Waals surface area contributed by atoms with Crippen LogP contribution in [0.4, 0.5) is 0 Å². The summed E-state index contributed by atoms with van der Waals surface area (Å²) in [5, 5.41) is 0. The summed E-state index contributed by atoms with van der Waals surface area (Å²) < 4.78 is 0. The highest BCUT2D eigenvalue weighted by Gasteiger charge is 2.24. The highest BCUT2D eigenvalue weighted by atomic mass is 28.3. The number of hydrogen-bond donors (Lipinski definition) is 0. The first-order valence-corrected chi connectivity index (χ1v) is 7.96. The largest absolute Gasteiger partial charge is 0.0956 e. The van der Waals surface area contributed by atoms with Gasteiger partial charge in [0.15, 0.2) is 0 Å². The highest BCUT2D eigenvalue weighted by Crippen LogP contribution is 2.24. The highest BCUT2D eigenvalue weighted by molar-refractivity contribution is 6.84. The minimum Gasteiger partial charge on any atom is -0.0956 e. The van der Waals surface area contributed by atoms with Gasteiger partial charge in [0.25, 0.3) is 0 Å². The van der Waals surface area contributed by atoms with Crippen molar-refractivity contribution in [2.75, 3.05) is 0 Å². The normalized spacial score (nSPS) is 11.4. The van der Waals surface area contributed by atoms with Crippen molar-refractivity contribution < 1.29 is 0 Å². The third kappa shape index (κ3) is 3.57. The fraction of sp³-hybridized carbons (Fsp3) is 0.818. The van der Waals surface area contributed by atoms with Crippen LogP contribution in [0.15, 0.2) is 11.3 Å². The van der Waals surface area contributed by atoms with Crippen LogP contribution in [0.25, 0.3) is 0 Å². The predicted molar refractivity (Wildman–Crippen MR) is 61.2 cm³/mol. The van der Waals surface area contributed by atoms with Gasteiger partial charge in [0.1, 0.15) is 0 Å². The predicted octanol–water partition coefficient (Wildman–Crippen LogP) is 4.39. The molecule has 0 spiro atoms. The van der Waals surface area contributed by atoms with E-state index in [4.69, 9.17) is 0 Å². The SMILES string of the molecule is CCC[Si](C=C(C)C)(CC)CC. The molecule has 0 aromatic rings. The fourth-order valence-corrected chi connectivity index (χ4v) is 5.97. The van der Waals surface area contributed by atoms with Gasteiger partial charge in [-0.25, -0.2) is 0 Å². The summed E-state index contributed by atoms with van der Waals surface area (Å²) in [4.78, 5) is 0. The lowest BCUT2D eigenvalue weighted by Gasteiger charge is -2.25. The molecule has 0 saturated carbocycles. The lowest BCUT2D eigenvalue weighted by atomic mass is 10.4. The van der Waals surface area contributed by atoms with E-state index in [-0.39, 0.29) is 0 Å². The van der Waals surface area contributed by atoms with E-state index in [1.54, 1.807) is 0 Å². The molecule has 0 aromatic carbocycles. The van der Waals surface area contributed by atoms with Crippen molar-refractivity contribution in [2.24, 2.45) is 0 Å². The van der Waals surface area contributed by atoms with E-state index < -0.39 is 8.07 Å². The minimum atomic E-state index is -0.969. The Hall–Kier alpha value is -0.0431. The summed E-state index contributed by atoms with van der Waals surface area (Å²) in [6, 6.07) is 4.32. The standard InChI is InChI=1S/C11H24Si/c1-6-9-12(7-2,8-3)10-11(4)5/h10H,6-9H2,1-5H3. The lowest BCUT2D eigenvalue weighted by Crippen LogP contribution is -2.29. The first-order valence-electron chi connectivity index (χ1n) is 5.26. The van der Waals surface area contributed by atoms with Crippen LogP contribution in [0.2, 0.25) is 18.1 Å². The van der Waals surface area contributed by atoms with Crippen molar-refractivity contribution in [3.63, 3.8) is 0 Å². The molecule has 0 fully saturated rings. The smallest absolute Gasteiger partial charge is 0.0771 e. The molecule has 0 bridgehead atoms. The van der Waals surface area contributed by atoms with Gasteiger partial charge in [-0.15, -0.1) is 0 Å². The molecule has 0 rings (SSSR count). The Morgan fingerprint density at radius 3 is 1.83 bits per heavy atom. The molecule has 0 aliphatic rings. The topological polar surface area (TPSA) is 0 Å². The Morgan fingerprint density at radius 1 is 1.08 bits per heavy atom. The van der Waals surface area contributed by atoms with E-state index >= 15 is 0 Å². The van der Waals surface area contributed by atoms with Gasteiger partial charge in [-0.3, -0.25) is 0 Å². The molecular formula is C11H24Si. The Labute approximate surface area is 79.1 Å². The Kier molecular flexibility index (Phi) is 5.56. The van der Waals surface area contributed by atoms with Crippen LogP contribution < -0.4 is 0 Å². The van der Waals surface area contributed by atoms with Gasteiger partial charge in [0.2, 0.25) is 0 Å². The van der Waals surface area contributed by atoms with Crippen molar-refractivity contribution in [3.8, 4) is 0 Å². The minimum absolute atomic E-state index is 0.969. The zero-order valence-corrected chi connectivity index (χ0v) is 10.4. The Morgan fingerprint density at radius 2 is 1.58 bits per heavy atom. The molecule has 0 N–H and O–H groups in total. The third-order valence-electron chi connectivity index (χ3n) is 2.75. The molecule has 12 heavy (non-hydrogen) atoms. The summed E-state index contributed by atoms with van der Waals surface area (Å²) in [6.45, 7) is 11.5. The van der Waals surface area contributed by atoms with Crippen LogP contribution in [0.5, 0.6) is 0 Å². The molecule has 0 aromatic heterocycles. The van der Waals surface area contributed by atoms with Crippen LogP contribution >= 0.6 is 0 Å².